The van der Waals surface area contributed by atoms with Gasteiger partial charge >= 0.3 is 0 Å². The standard InChI is InChI=1S/C18H24O4/c1-10(2)6-16(20)14-8-13(12(5)19)9-15(18(14)22)17(21)7-11(3)4/h6,8-9,11,16,20,22H,7H2,1-5H3/t16-/m1/s1. The first-order valence-corrected chi connectivity index (χ1v) is 7.37. The van der Waals surface area contributed by atoms with Crippen molar-refractivity contribution in [2.45, 2.75) is 47.1 Å². The normalized spacial score (nSPS) is 12.1. The molecule has 0 saturated heterocycles. The molecule has 0 aromatic heterocycles. The molecule has 1 aromatic rings. The van der Waals surface area contributed by atoms with Crippen molar-refractivity contribution in [2.75, 3.05) is 0 Å². The molecular weight excluding hydrogens is 280 g/mol. The lowest BCUT2D eigenvalue weighted by molar-refractivity contribution is 0.0964. The van der Waals surface area contributed by atoms with Crippen molar-refractivity contribution in [3.8, 4) is 5.75 Å². The molecule has 120 valence electrons. The number of hydrogen-bond acceptors (Lipinski definition) is 4. The van der Waals surface area contributed by atoms with Crippen LogP contribution in [0, 0.1) is 5.92 Å². The largest absolute Gasteiger partial charge is 0.507 e. The average molecular weight is 304 g/mol. The summed E-state index contributed by atoms with van der Waals surface area (Å²) >= 11 is 0. The van der Waals surface area contributed by atoms with Crippen molar-refractivity contribution >= 4 is 11.6 Å². The molecule has 0 radical (unpaired) electrons. The molecule has 0 fully saturated rings. The number of aliphatic hydroxyl groups is 1. The third kappa shape index (κ3) is 4.53. The van der Waals surface area contributed by atoms with Crippen LogP contribution in [0.1, 0.15) is 73.4 Å². The predicted octanol–water partition coefficient (Wildman–Crippen LogP) is 3.82. The minimum atomic E-state index is -1.06. The summed E-state index contributed by atoms with van der Waals surface area (Å²) in [6.45, 7) is 8.84. The van der Waals surface area contributed by atoms with Crippen molar-refractivity contribution in [3.63, 3.8) is 0 Å². The number of hydrogen-bond donors (Lipinski definition) is 2. The summed E-state index contributed by atoms with van der Waals surface area (Å²) in [5, 5.41) is 20.5. The van der Waals surface area contributed by atoms with Crippen LogP contribution in [-0.2, 0) is 0 Å². The number of carbonyl (C=O) groups excluding carboxylic acids is 2. The minimum absolute atomic E-state index is 0.0950. The third-order valence-corrected chi connectivity index (χ3v) is 3.25. The molecule has 1 rings (SSSR count). The molecule has 1 atom stereocenters. The average Bonchev–Trinajstić information content (AvgIpc) is 2.36. The molecule has 0 bridgehead atoms. The quantitative estimate of drug-likeness (QED) is 0.619. The molecule has 1 aromatic carbocycles. The minimum Gasteiger partial charge on any atom is -0.507 e. The van der Waals surface area contributed by atoms with Crippen LogP contribution in [-0.4, -0.2) is 21.8 Å². The Bertz CT molecular complexity index is 608. The van der Waals surface area contributed by atoms with Crippen LogP contribution in [0.4, 0.5) is 0 Å². The molecule has 4 nitrogen and oxygen atoms in total. The first-order chi connectivity index (χ1) is 10.1. The summed E-state index contributed by atoms with van der Waals surface area (Å²) in [6.07, 6.45) is 0.776. The lowest BCUT2D eigenvalue weighted by Crippen LogP contribution is -2.09. The second kappa shape index (κ2) is 7.36. The first-order valence-electron chi connectivity index (χ1n) is 7.37. The Morgan fingerprint density at radius 1 is 1.18 bits per heavy atom. The zero-order chi connectivity index (χ0) is 17.0. The number of Topliss-reactive ketones (excluding diaryl/α,β-unsaturated/α-hetero) is 2. The molecule has 0 aliphatic heterocycles. The topological polar surface area (TPSA) is 74.6 Å². The molecular formula is C18H24O4. The van der Waals surface area contributed by atoms with Crippen LogP contribution in [0.25, 0.3) is 0 Å². The van der Waals surface area contributed by atoms with Gasteiger partial charge in [-0.1, -0.05) is 25.5 Å². The van der Waals surface area contributed by atoms with Crippen LogP contribution < -0.4 is 0 Å². The Labute approximate surface area is 131 Å². The highest BCUT2D eigenvalue weighted by Gasteiger charge is 2.21. The molecule has 0 aliphatic rings. The number of benzene rings is 1. The van der Waals surface area contributed by atoms with E-state index in [2.05, 4.69) is 0 Å². The lowest BCUT2D eigenvalue weighted by Gasteiger charge is -2.15. The predicted molar refractivity (Wildman–Crippen MR) is 86.3 cm³/mol. The number of carbonyl (C=O) groups is 2. The Morgan fingerprint density at radius 2 is 1.77 bits per heavy atom. The van der Waals surface area contributed by atoms with Gasteiger partial charge in [0, 0.05) is 17.5 Å². The number of allylic oxidation sites excluding steroid dienone is 1. The highest BCUT2D eigenvalue weighted by molar-refractivity contribution is 6.03. The van der Waals surface area contributed by atoms with Gasteiger partial charge < -0.3 is 10.2 Å². The van der Waals surface area contributed by atoms with Crippen LogP contribution in [0.15, 0.2) is 23.8 Å². The van der Waals surface area contributed by atoms with Crippen molar-refractivity contribution in [1.82, 2.24) is 0 Å². The highest BCUT2D eigenvalue weighted by atomic mass is 16.3. The number of phenols is 1. The number of ketones is 2. The molecule has 0 spiro atoms. The van der Waals surface area contributed by atoms with Gasteiger partial charge in [0.1, 0.15) is 11.9 Å². The summed E-state index contributed by atoms with van der Waals surface area (Å²) in [7, 11) is 0. The summed E-state index contributed by atoms with van der Waals surface area (Å²) in [4.78, 5) is 23.9. The van der Waals surface area contributed by atoms with Crippen molar-refractivity contribution in [1.29, 1.82) is 0 Å². The fraction of sp³-hybridized carbons (Fsp3) is 0.444. The molecule has 0 saturated carbocycles. The monoisotopic (exact) mass is 304 g/mol. The molecule has 0 heterocycles. The van der Waals surface area contributed by atoms with E-state index >= 15 is 0 Å². The smallest absolute Gasteiger partial charge is 0.166 e. The van der Waals surface area contributed by atoms with Gasteiger partial charge in [0.25, 0.3) is 0 Å². The van der Waals surface area contributed by atoms with Crippen molar-refractivity contribution in [2.24, 2.45) is 5.92 Å². The van der Waals surface area contributed by atoms with Gasteiger partial charge in [0.15, 0.2) is 11.6 Å². The second-order valence-electron chi connectivity index (χ2n) is 6.23. The van der Waals surface area contributed by atoms with Gasteiger partial charge in [0.2, 0.25) is 0 Å². The van der Waals surface area contributed by atoms with Gasteiger partial charge in [-0.25, -0.2) is 0 Å². The Balaban J connectivity index is 3.45. The van der Waals surface area contributed by atoms with Gasteiger partial charge in [0.05, 0.1) is 5.56 Å². The Morgan fingerprint density at radius 3 is 2.23 bits per heavy atom. The first kappa shape index (κ1) is 18.1. The number of phenolic OH excluding ortho intramolecular Hbond substituents is 1. The van der Waals surface area contributed by atoms with Crippen LogP contribution in [0.5, 0.6) is 5.75 Å². The van der Waals surface area contributed by atoms with E-state index in [0.29, 0.717) is 5.56 Å². The summed E-state index contributed by atoms with van der Waals surface area (Å²) in [5.41, 5.74) is 1.45. The second-order valence-corrected chi connectivity index (χ2v) is 6.23. The number of aromatic hydroxyl groups is 1. The SMILES string of the molecule is CC(=O)c1cc(C(=O)CC(C)C)c(O)c([C@H](O)C=C(C)C)c1. The fourth-order valence-corrected chi connectivity index (χ4v) is 2.18. The van der Waals surface area contributed by atoms with Crippen LogP contribution >= 0.6 is 0 Å². The zero-order valence-corrected chi connectivity index (χ0v) is 13.8. The van der Waals surface area contributed by atoms with Crippen molar-refractivity contribution in [3.05, 3.63) is 40.5 Å². The molecule has 4 heteroatoms. The van der Waals surface area contributed by atoms with Gasteiger partial charge in [-0.2, -0.15) is 0 Å². The Kier molecular flexibility index (Phi) is 6.06. The summed E-state index contributed by atoms with van der Waals surface area (Å²) in [5.74, 6) is -0.565. The van der Waals surface area contributed by atoms with Gasteiger partial charge in [-0.05, 0) is 38.8 Å². The van der Waals surface area contributed by atoms with Gasteiger partial charge in [-0.3, -0.25) is 9.59 Å². The molecule has 22 heavy (non-hydrogen) atoms. The van der Waals surface area contributed by atoms with Gasteiger partial charge in [-0.15, -0.1) is 0 Å². The van der Waals surface area contributed by atoms with Crippen LogP contribution in [0.2, 0.25) is 0 Å². The van der Waals surface area contributed by atoms with E-state index in [4.69, 9.17) is 0 Å². The maximum Gasteiger partial charge on any atom is 0.166 e. The van der Waals surface area contributed by atoms with E-state index in [-0.39, 0.29) is 40.8 Å². The number of aliphatic hydroxyl groups excluding tert-OH is 1. The number of rotatable bonds is 6. The molecule has 0 amide bonds. The Hall–Kier alpha value is -1.94. The van der Waals surface area contributed by atoms with Crippen molar-refractivity contribution < 1.29 is 19.8 Å². The fourth-order valence-electron chi connectivity index (χ4n) is 2.18. The van der Waals surface area contributed by atoms with E-state index in [9.17, 15) is 19.8 Å². The molecule has 0 aliphatic carbocycles. The van der Waals surface area contributed by atoms with E-state index in [1.165, 1.54) is 19.1 Å². The third-order valence-electron chi connectivity index (χ3n) is 3.25. The van der Waals surface area contributed by atoms with E-state index in [0.717, 1.165) is 5.57 Å². The van der Waals surface area contributed by atoms with E-state index in [1.54, 1.807) is 6.08 Å². The van der Waals surface area contributed by atoms with E-state index in [1.807, 2.05) is 27.7 Å². The zero-order valence-electron chi connectivity index (χ0n) is 13.8. The summed E-state index contributed by atoms with van der Waals surface area (Å²) < 4.78 is 0. The maximum atomic E-state index is 12.3. The van der Waals surface area contributed by atoms with Crippen LogP contribution in [0.3, 0.4) is 0 Å². The lowest BCUT2D eigenvalue weighted by atomic mass is 9.93. The maximum absolute atomic E-state index is 12.3. The molecule has 0 unspecified atom stereocenters. The molecule has 2 N–H and O–H groups in total. The van der Waals surface area contributed by atoms with E-state index < -0.39 is 6.10 Å². The highest BCUT2D eigenvalue weighted by Crippen LogP contribution is 2.32. The summed E-state index contributed by atoms with van der Waals surface area (Å²) in [6, 6.07) is 2.84.